The van der Waals surface area contributed by atoms with E-state index in [9.17, 15) is 0 Å². The summed E-state index contributed by atoms with van der Waals surface area (Å²) < 4.78 is 2.23. The van der Waals surface area contributed by atoms with Crippen LogP contribution in [0.15, 0.2) is 54.7 Å². The van der Waals surface area contributed by atoms with E-state index in [4.69, 9.17) is 0 Å². The molecule has 86 valence electrons. The van der Waals surface area contributed by atoms with E-state index in [-0.39, 0.29) is 0 Å². The fraction of sp³-hybridized carbons (Fsp3) is 0.0625. The molecule has 2 aromatic heterocycles. The van der Waals surface area contributed by atoms with Crippen LogP contribution in [0.4, 0.5) is 0 Å². The third kappa shape index (κ3) is 1.10. The minimum atomic E-state index is 1.09. The lowest BCUT2D eigenvalue weighted by Gasteiger charge is -2.00. The topological polar surface area (TPSA) is 17.8 Å². The van der Waals surface area contributed by atoms with Gasteiger partial charge in [-0.15, -0.1) is 0 Å². The lowest BCUT2D eigenvalue weighted by Crippen LogP contribution is -1.86. The minimum absolute atomic E-state index is 1.09. The van der Waals surface area contributed by atoms with Gasteiger partial charge < -0.3 is 4.57 Å². The molecule has 0 unspecified atom stereocenters. The predicted molar refractivity (Wildman–Crippen MR) is 75.7 cm³/mol. The number of aromatic nitrogens is 2. The van der Waals surface area contributed by atoms with Gasteiger partial charge in [-0.3, -0.25) is 4.98 Å². The molecule has 0 aliphatic carbocycles. The summed E-state index contributed by atoms with van der Waals surface area (Å²) in [6, 6.07) is 16.9. The smallest absolute Gasteiger partial charge is 0.0802 e. The van der Waals surface area contributed by atoms with Crippen molar-refractivity contribution in [2.45, 2.75) is 0 Å². The quantitative estimate of drug-likeness (QED) is 0.450. The van der Waals surface area contributed by atoms with Crippen LogP contribution >= 0.6 is 0 Å². The fourth-order valence-electron chi connectivity index (χ4n) is 2.79. The summed E-state index contributed by atoms with van der Waals surface area (Å²) in [5.41, 5.74) is 3.58. The van der Waals surface area contributed by atoms with Crippen LogP contribution in [0, 0.1) is 0 Å². The summed E-state index contributed by atoms with van der Waals surface area (Å²) in [6.07, 6.45) is 1.86. The Morgan fingerprint density at radius 1 is 0.889 bits per heavy atom. The first-order valence-electron chi connectivity index (χ1n) is 6.07. The Morgan fingerprint density at radius 2 is 1.78 bits per heavy atom. The molecule has 4 rings (SSSR count). The van der Waals surface area contributed by atoms with E-state index < -0.39 is 0 Å². The summed E-state index contributed by atoms with van der Waals surface area (Å²) in [7, 11) is 2.11. The first kappa shape index (κ1) is 9.66. The third-order valence-corrected chi connectivity index (χ3v) is 3.65. The zero-order valence-electron chi connectivity index (χ0n) is 10.1. The molecule has 0 aliphatic heterocycles. The SMILES string of the molecule is Cn1c2ccccc2c2c3ncccc3ccc21. The average Bonchev–Trinajstić information content (AvgIpc) is 2.73. The summed E-state index contributed by atoms with van der Waals surface area (Å²) in [4.78, 5) is 4.56. The lowest BCUT2D eigenvalue weighted by molar-refractivity contribution is 1.01. The molecule has 0 radical (unpaired) electrons. The molecule has 0 saturated carbocycles. The molecule has 2 nitrogen and oxygen atoms in total. The predicted octanol–water partition coefficient (Wildman–Crippen LogP) is 3.88. The van der Waals surface area contributed by atoms with Crippen LogP contribution in [0.1, 0.15) is 0 Å². The van der Waals surface area contributed by atoms with Crippen LogP contribution in [-0.4, -0.2) is 9.55 Å². The Balaban J connectivity index is 2.41. The minimum Gasteiger partial charge on any atom is -0.344 e. The molecule has 0 saturated heterocycles. The standard InChI is InChI=1S/C16H12N2/c1-18-13-7-3-2-6-12(13)15-14(18)9-8-11-5-4-10-17-16(11)15/h2-10H,1H3. The number of nitrogens with zero attached hydrogens (tertiary/aromatic N) is 2. The molecule has 2 aromatic carbocycles. The van der Waals surface area contributed by atoms with Gasteiger partial charge in [0, 0.05) is 34.9 Å². The van der Waals surface area contributed by atoms with E-state index in [1.54, 1.807) is 0 Å². The second-order valence-electron chi connectivity index (χ2n) is 4.61. The van der Waals surface area contributed by atoms with Crippen molar-refractivity contribution in [3.05, 3.63) is 54.7 Å². The number of hydrogen-bond donors (Lipinski definition) is 0. The van der Waals surface area contributed by atoms with E-state index in [1.165, 1.54) is 27.2 Å². The van der Waals surface area contributed by atoms with Gasteiger partial charge in [-0.2, -0.15) is 0 Å². The first-order chi connectivity index (χ1) is 8.86. The normalized spacial score (nSPS) is 11.6. The zero-order valence-corrected chi connectivity index (χ0v) is 10.1. The van der Waals surface area contributed by atoms with Crippen LogP contribution in [0.5, 0.6) is 0 Å². The lowest BCUT2D eigenvalue weighted by atomic mass is 10.1. The van der Waals surface area contributed by atoms with Crippen molar-refractivity contribution in [3.63, 3.8) is 0 Å². The van der Waals surface area contributed by atoms with Gasteiger partial charge in [0.05, 0.1) is 11.0 Å². The van der Waals surface area contributed by atoms with Gasteiger partial charge >= 0.3 is 0 Å². The molecule has 0 atom stereocenters. The Kier molecular flexibility index (Phi) is 1.78. The summed E-state index contributed by atoms with van der Waals surface area (Å²) >= 11 is 0. The zero-order chi connectivity index (χ0) is 12.1. The number of para-hydroxylation sites is 1. The highest BCUT2D eigenvalue weighted by Gasteiger charge is 2.10. The maximum atomic E-state index is 4.56. The van der Waals surface area contributed by atoms with Crippen molar-refractivity contribution in [1.29, 1.82) is 0 Å². The van der Waals surface area contributed by atoms with Gasteiger partial charge in [0.15, 0.2) is 0 Å². The third-order valence-electron chi connectivity index (χ3n) is 3.65. The molecule has 4 aromatic rings. The van der Waals surface area contributed by atoms with Crippen LogP contribution in [0.25, 0.3) is 32.7 Å². The van der Waals surface area contributed by atoms with Crippen molar-refractivity contribution in [2.24, 2.45) is 7.05 Å². The van der Waals surface area contributed by atoms with E-state index in [0.717, 1.165) is 5.52 Å². The second kappa shape index (κ2) is 3.33. The largest absolute Gasteiger partial charge is 0.344 e. The summed E-state index contributed by atoms with van der Waals surface area (Å²) in [5.74, 6) is 0. The maximum absolute atomic E-state index is 4.56. The number of benzene rings is 2. The van der Waals surface area contributed by atoms with Crippen LogP contribution in [0.3, 0.4) is 0 Å². The van der Waals surface area contributed by atoms with Crippen molar-refractivity contribution in [1.82, 2.24) is 9.55 Å². The molecule has 0 spiro atoms. The highest BCUT2D eigenvalue weighted by molar-refractivity contribution is 6.19. The van der Waals surface area contributed by atoms with E-state index in [0.29, 0.717) is 0 Å². The number of aryl methyl sites for hydroxylation is 1. The van der Waals surface area contributed by atoms with Crippen molar-refractivity contribution < 1.29 is 0 Å². The Hall–Kier alpha value is -2.35. The van der Waals surface area contributed by atoms with Crippen molar-refractivity contribution in [2.75, 3.05) is 0 Å². The molecular weight excluding hydrogens is 220 g/mol. The van der Waals surface area contributed by atoms with E-state index >= 15 is 0 Å². The molecule has 0 amide bonds. The Labute approximate surface area is 104 Å². The van der Waals surface area contributed by atoms with Crippen molar-refractivity contribution in [3.8, 4) is 0 Å². The molecule has 2 heterocycles. The maximum Gasteiger partial charge on any atom is 0.0802 e. The van der Waals surface area contributed by atoms with Gasteiger partial charge in [-0.25, -0.2) is 0 Å². The van der Waals surface area contributed by atoms with E-state index in [2.05, 4.69) is 59.1 Å². The fourth-order valence-corrected chi connectivity index (χ4v) is 2.79. The van der Waals surface area contributed by atoms with E-state index in [1.807, 2.05) is 12.3 Å². The van der Waals surface area contributed by atoms with Crippen molar-refractivity contribution >= 4 is 32.7 Å². The van der Waals surface area contributed by atoms with Crippen LogP contribution < -0.4 is 0 Å². The van der Waals surface area contributed by atoms with Gasteiger partial charge in [0.1, 0.15) is 0 Å². The molecule has 0 fully saturated rings. The highest BCUT2D eigenvalue weighted by atomic mass is 14.9. The molecule has 0 bridgehead atoms. The monoisotopic (exact) mass is 232 g/mol. The molecule has 18 heavy (non-hydrogen) atoms. The first-order valence-corrected chi connectivity index (χ1v) is 6.07. The number of hydrogen-bond acceptors (Lipinski definition) is 1. The number of rotatable bonds is 0. The number of pyridine rings is 1. The molecule has 2 heteroatoms. The summed E-state index contributed by atoms with van der Waals surface area (Å²) in [6.45, 7) is 0. The molecule has 0 N–H and O–H groups in total. The van der Waals surface area contributed by atoms with Gasteiger partial charge in [-0.05, 0) is 18.2 Å². The Bertz CT molecular complexity index is 887. The number of fused-ring (bicyclic) bond motifs is 5. The second-order valence-corrected chi connectivity index (χ2v) is 4.61. The average molecular weight is 232 g/mol. The van der Waals surface area contributed by atoms with Gasteiger partial charge in [0.2, 0.25) is 0 Å². The van der Waals surface area contributed by atoms with Crippen LogP contribution in [-0.2, 0) is 7.05 Å². The molecule has 0 aliphatic rings. The van der Waals surface area contributed by atoms with Gasteiger partial charge in [0.25, 0.3) is 0 Å². The Morgan fingerprint density at radius 3 is 2.72 bits per heavy atom. The van der Waals surface area contributed by atoms with Gasteiger partial charge in [-0.1, -0.05) is 30.3 Å². The molecular formula is C16H12N2. The highest BCUT2D eigenvalue weighted by Crippen LogP contribution is 2.32. The van der Waals surface area contributed by atoms with Crippen LogP contribution in [0.2, 0.25) is 0 Å². The summed E-state index contributed by atoms with van der Waals surface area (Å²) in [5, 5.41) is 3.73.